The predicted molar refractivity (Wildman–Crippen MR) is 153 cm³/mol. The van der Waals surface area contributed by atoms with E-state index in [9.17, 15) is 4.79 Å². The van der Waals surface area contributed by atoms with Crippen molar-refractivity contribution in [2.24, 2.45) is 5.41 Å². The van der Waals surface area contributed by atoms with Crippen molar-refractivity contribution in [3.8, 4) is 0 Å². The Labute approximate surface area is 217 Å². The fraction of sp³-hybridized carbons (Fsp3) is 0.606. The molecule has 0 saturated carbocycles. The number of unbranched alkanes of at least 4 members (excludes halogenated alkanes) is 6. The van der Waals surface area contributed by atoms with Gasteiger partial charge in [-0.15, -0.1) is 0 Å². The smallest absolute Gasteiger partial charge is 0.306 e. The molecular formula is C33H52O2. The largest absolute Gasteiger partial charge is 0.461 e. The lowest BCUT2D eigenvalue weighted by molar-refractivity contribution is -0.142. The van der Waals surface area contributed by atoms with Crippen LogP contribution in [0.15, 0.2) is 70.9 Å². The molecule has 1 rings (SSSR count). The van der Waals surface area contributed by atoms with Gasteiger partial charge in [0, 0.05) is 6.42 Å². The Morgan fingerprint density at radius 3 is 2.43 bits per heavy atom. The summed E-state index contributed by atoms with van der Waals surface area (Å²) in [5.41, 5.74) is 5.63. The molecule has 2 nitrogen and oxygen atoms in total. The number of hydrogen-bond donors (Lipinski definition) is 0. The highest BCUT2D eigenvalue weighted by Gasteiger charge is 2.26. The van der Waals surface area contributed by atoms with E-state index < -0.39 is 0 Å². The maximum atomic E-state index is 11.9. The van der Waals surface area contributed by atoms with Crippen LogP contribution in [-0.2, 0) is 9.53 Å². The molecule has 0 aliphatic heterocycles. The molecule has 0 unspecified atom stereocenters. The molecular weight excluding hydrogens is 428 g/mol. The van der Waals surface area contributed by atoms with Crippen LogP contribution in [0.1, 0.15) is 119 Å². The Bertz CT molecular complexity index is 799. The molecule has 0 saturated heterocycles. The summed E-state index contributed by atoms with van der Waals surface area (Å²) >= 11 is 0. The molecule has 0 aromatic heterocycles. The lowest BCUT2D eigenvalue weighted by Gasteiger charge is -2.32. The zero-order valence-corrected chi connectivity index (χ0v) is 23.6. The molecule has 196 valence electrons. The van der Waals surface area contributed by atoms with Crippen LogP contribution in [0, 0.1) is 5.41 Å². The van der Waals surface area contributed by atoms with Crippen LogP contribution in [0.3, 0.4) is 0 Å². The van der Waals surface area contributed by atoms with Gasteiger partial charge >= 0.3 is 5.97 Å². The average molecular weight is 481 g/mol. The normalized spacial score (nSPS) is 17.3. The third kappa shape index (κ3) is 14.8. The second-order valence-electron chi connectivity index (χ2n) is 10.7. The van der Waals surface area contributed by atoms with Gasteiger partial charge in [-0.25, -0.2) is 0 Å². The van der Waals surface area contributed by atoms with Crippen molar-refractivity contribution < 1.29 is 9.53 Å². The molecule has 0 N–H and O–H groups in total. The number of ether oxygens (including phenoxy) is 1. The van der Waals surface area contributed by atoms with Crippen LogP contribution in [0.4, 0.5) is 0 Å². The van der Waals surface area contributed by atoms with Gasteiger partial charge in [0.1, 0.15) is 6.61 Å². The van der Waals surface area contributed by atoms with Crippen LogP contribution in [0.25, 0.3) is 0 Å². The predicted octanol–water partition coefficient (Wildman–Crippen LogP) is 10.1. The Morgan fingerprint density at radius 1 is 0.971 bits per heavy atom. The molecule has 0 atom stereocenters. The second kappa shape index (κ2) is 18.2. The standard InChI is InChI=1S/C33H52O2/c1-7-8-9-10-11-12-13-14-15-16-22-32(34)35-27-25-29(3)20-17-19-28(2)23-24-31-30(4)21-18-26-33(31,5)6/h9-10,17,19-20,23-25H,7-8,11-16,18,21-22,26-27H2,1-6H3/b10-9-,20-17+,24-23+,28-19+,29-25+. The minimum absolute atomic E-state index is 0.0864. The summed E-state index contributed by atoms with van der Waals surface area (Å²) in [4.78, 5) is 11.9. The fourth-order valence-electron chi connectivity index (χ4n) is 4.50. The lowest BCUT2D eigenvalue weighted by Crippen LogP contribution is -2.19. The summed E-state index contributed by atoms with van der Waals surface area (Å²) in [6.07, 6.45) is 31.0. The number of allylic oxidation sites excluding steroid dienone is 11. The highest BCUT2D eigenvalue weighted by Crippen LogP contribution is 2.40. The Balaban J connectivity index is 2.25. The third-order valence-corrected chi connectivity index (χ3v) is 6.80. The number of esters is 1. The van der Waals surface area contributed by atoms with E-state index in [1.807, 2.05) is 13.0 Å². The van der Waals surface area contributed by atoms with Gasteiger partial charge in [0.05, 0.1) is 0 Å². The van der Waals surface area contributed by atoms with Gasteiger partial charge in [-0.2, -0.15) is 0 Å². The Hall–Kier alpha value is -2.09. The van der Waals surface area contributed by atoms with Crippen LogP contribution in [0.5, 0.6) is 0 Å². The van der Waals surface area contributed by atoms with Crippen LogP contribution in [0.2, 0.25) is 0 Å². The minimum Gasteiger partial charge on any atom is -0.461 e. The molecule has 0 fully saturated rings. The van der Waals surface area contributed by atoms with Crippen molar-refractivity contribution in [2.45, 2.75) is 119 Å². The maximum Gasteiger partial charge on any atom is 0.306 e. The molecule has 1 aliphatic rings. The molecule has 2 heteroatoms. The quantitative estimate of drug-likeness (QED) is 0.0950. The molecule has 0 aromatic carbocycles. The van der Waals surface area contributed by atoms with E-state index in [0.717, 1.165) is 18.4 Å². The first-order chi connectivity index (χ1) is 16.8. The van der Waals surface area contributed by atoms with Crippen molar-refractivity contribution in [1.29, 1.82) is 0 Å². The number of hydrogen-bond acceptors (Lipinski definition) is 2. The van der Waals surface area contributed by atoms with E-state index in [0.29, 0.717) is 13.0 Å². The first-order valence-electron chi connectivity index (χ1n) is 14.0. The van der Waals surface area contributed by atoms with Crippen molar-refractivity contribution in [1.82, 2.24) is 0 Å². The van der Waals surface area contributed by atoms with Crippen LogP contribution in [-0.4, -0.2) is 12.6 Å². The van der Waals surface area contributed by atoms with E-state index >= 15 is 0 Å². The maximum absolute atomic E-state index is 11.9. The molecule has 0 spiro atoms. The van der Waals surface area contributed by atoms with Gasteiger partial charge in [0.25, 0.3) is 0 Å². The SMILES string of the molecule is CCC/C=C\CCCCCCCC(=O)OC/C=C(C)/C=C/C=C(C)/C=C/C1=C(C)CCCC1(C)C. The molecule has 1 aliphatic carbocycles. The third-order valence-electron chi connectivity index (χ3n) is 6.80. The summed E-state index contributed by atoms with van der Waals surface area (Å²) in [6.45, 7) is 13.7. The molecule has 0 amide bonds. The summed E-state index contributed by atoms with van der Waals surface area (Å²) in [5, 5.41) is 0. The highest BCUT2D eigenvalue weighted by atomic mass is 16.5. The zero-order chi connectivity index (χ0) is 25.9. The summed E-state index contributed by atoms with van der Waals surface area (Å²) in [7, 11) is 0. The van der Waals surface area contributed by atoms with E-state index in [1.54, 1.807) is 0 Å². The number of carbonyl (C=O) groups excluding carboxylic acids is 1. The Morgan fingerprint density at radius 2 is 1.69 bits per heavy atom. The van der Waals surface area contributed by atoms with Crippen molar-refractivity contribution in [2.75, 3.05) is 6.61 Å². The monoisotopic (exact) mass is 480 g/mol. The van der Waals surface area contributed by atoms with Crippen LogP contribution >= 0.6 is 0 Å². The summed E-state index contributed by atoms with van der Waals surface area (Å²) in [5.74, 6) is -0.0864. The van der Waals surface area contributed by atoms with Crippen LogP contribution < -0.4 is 0 Å². The van der Waals surface area contributed by atoms with E-state index in [2.05, 4.69) is 77.2 Å². The second-order valence-corrected chi connectivity index (χ2v) is 10.7. The first-order valence-corrected chi connectivity index (χ1v) is 14.0. The molecule has 0 aromatic rings. The molecule has 0 radical (unpaired) electrons. The van der Waals surface area contributed by atoms with Crippen molar-refractivity contribution in [3.63, 3.8) is 0 Å². The fourth-order valence-corrected chi connectivity index (χ4v) is 4.50. The van der Waals surface area contributed by atoms with Crippen molar-refractivity contribution in [3.05, 3.63) is 70.9 Å². The topological polar surface area (TPSA) is 26.3 Å². The van der Waals surface area contributed by atoms with E-state index in [-0.39, 0.29) is 11.4 Å². The lowest BCUT2D eigenvalue weighted by atomic mass is 9.72. The van der Waals surface area contributed by atoms with Gasteiger partial charge in [0.2, 0.25) is 0 Å². The number of rotatable bonds is 16. The molecule has 35 heavy (non-hydrogen) atoms. The van der Waals surface area contributed by atoms with Gasteiger partial charge < -0.3 is 4.74 Å². The zero-order valence-electron chi connectivity index (χ0n) is 23.6. The molecule has 0 bridgehead atoms. The minimum atomic E-state index is -0.0864. The summed E-state index contributed by atoms with van der Waals surface area (Å²) < 4.78 is 5.37. The molecule has 0 heterocycles. The average Bonchev–Trinajstić information content (AvgIpc) is 2.79. The number of carbonyl (C=O) groups is 1. The van der Waals surface area contributed by atoms with E-state index in [1.165, 1.54) is 74.5 Å². The first kappa shape index (κ1) is 30.9. The highest BCUT2D eigenvalue weighted by molar-refractivity contribution is 5.69. The van der Waals surface area contributed by atoms with Gasteiger partial charge in [-0.05, 0) is 82.8 Å². The van der Waals surface area contributed by atoms with Gasteiger partial charge in [-0.1, -0.05) is 106 Å². The Kier molecular flexibility index (Phi) is 16.1. The van der Waals surface area contributed by atoms with E-state index in [4.69, 9.17) is 4.74 Å². The van der Waals surface area contributed by atoms with Gasteiger partial charge in [0.15, 0.2) is 0 Å². The van der Waals surface area contributed by atoms with Gasteiger partial charge in [-0.3, -0.25) is 4.79 Å². The van der Waals surface area contributed by atoms with Crippen molar-refractivity contribution >= 4 is 5.97 Å². The summed E-state index contributed by atoms with van der Waals surface area (Å²) in [6, 6.07) is 0.